The summed E-state index contributed by atoms with van der Waals surface area (Å²) in [5.41, 5.74) is 4.32. The van der Waals surface area contributed by atoms with E-state index in [1.807, 2.05) is 0 Å². The summed E-state index contributed by atoms with van der Waals surface area (Å²) in [5.74, 6) is -0.925. The summed E-state index contributed by atoms with van der Waals surface area (Å²) in [6.07, 6.45) is -7.43. The second kappa shape index (κ2) is 9.19. The molecule has 10 atom stereocenters. The number of rotatable bonds is 7. The monoisotopic (exact) mass is 597 g/mol. The first-order valence-electron chi connectivity index (χ1n) is 12.1. The number of ether oxygens (including phenoxy) is 2. The maximum absolute atomic E-state index is 15.0. The van der Waals surface area contributed by atoms with Crippen molar-refractivity contribution in [2.24, 2.45) is 5.92 Å². The molecule has 6 heterocycles. The Bertz CT molecular complexity index is 1830. The summed E-state index contributed by atoms with van der Waals surface area (Å²) in [7, 11) is -4.95. The third-order valence-corrected chi connectivity index (χ3v) is 8.23. The zero-order valence-electron chi connectivity index (χ0n) is 20.4. The van der Waals surface area contributed by atoms with E-state index in [0.29, 0.717) is 0 Å². The van der Waals surface area contributed by atoms with Crippen molar-refractivity contribution in [2.45, 2.75) is 49.1 Å². The van der Waals surface area contributed by atoms with Crippen molar-refractivity contribution in [1.29, 1.82) is 0 Å². The highest BCUT2D eigenvalue weighted by Gasteiger charge is 2.66. The van der Waals surface area contributed by atoms with E-state index in [4.69, 9.17) is 24.3 Å². The van der Waals surface area contributed by atoms with Crippen LogP contribution in [0.4, 0.5) is 10.3 Å². The van der Waals surface area contributed by atoms with E-state index in [-0.39, 0.29) is 28.3 Å². The smallest absolute Gasteiger partial charge is 0.390 e. The van der Waals surface area contributed by atoms with Gasteiger partial charge in [-0.3, -0.25) is 32.8 Å². The van der Waals surface area contributed by atoms with E-state index < -0.39 is 80.6 Å². The number of anilines is 1. The molecule has 0 spiro atoms. The van der Waals surface area contributed by atoms with Gasteiger partial charge in [0.1, 0.15) is 18.3 Å². The molecule has 0 radical (unpaired) electrons. The van der Waals surface area contributed by atoms with Crippen LogP contribution in [-0.2, 0) is 23.1 Å². The number of nitrogen functional groups attached to an aromatic ring is 1. The maximum Gasteiger partial charge on any atom is 0.472 e. The van der Waals surface area contributed by atoms with Gasteiger partial charge in [0.05, 0.1) is 37.8 Å². The average molecular weight is 597 g/mol. The van der Waals surface area contributed by atoms with Crippen molar-refractivity contribution >= 4 is 36.1 Å². The number of hydrogen-bond donors (Lipinski definition) is 6. The van der Waals surface area contributed by atoms with Crippen LogP contribution in [0.25, 0.3) is 22.3 Å². The van der Waals surface area contributed by atoms with E-state index in [2.05, 4.69) is 29.9 Å². The van der Waals surface area contributed by atoms with E-state index in [1.165, 1.54) is 10.9 Å². The highest BCUT2D eigenvalue weighted by atomic mass is 31.2. The van der Waals surface area contributed by atoms with Crippen molar-refractivity contribution in [3.05, 3.63) is 39.7 Å². The molecule has 21 heteroatoms. The Morgan fingerprint density at radius 1 is 1.05 bits per heavy atom. The van der Waals surface area contributed by atoms with Crippen LogP contribution in [0.15, 0.2) is 28.6 Å². The Morgan fingerprint density at radius 3 is 2.51 bits per heavy atom. The zero-order chi connectivity index (χ0) is 28.8. The summed E-state index contributed by atoms with van der Waals surface area (Å²) >= 11 is 0. The first-order chi connectivity index (χ1) is 19.5. The van der Waals surface area contributed by atoms with Crippen LogP contribution >= 0.6 is 7.82 Å². The SMILES string of the molecule is Nc1nc2c(ncn2[C@@H]2O[C@@H]3C(O)C3[C@H]2OP(=O)(O)OC[C@H]2O[C@@H](n3cnc4c(=O)[nH]cnc43)[C@H](F)[C@@H]2O)c(=O)[nH]1. The van der Waals surface area contributed by atoms with Crippen LogP contribution in [0.2, 0.25) is 0 Å². The first-order valence-corrected chi connectivity index (χ1v) is 13.6. The van der Waals surface area contributed by atoms with Crippen LogP contribution in [0.5, 0.6) is 0 Å². The number of alkyl halides is 1. The second-order valence-electron chi connectivity index (χ2n) is 9.72. The van der Waals surface area contributed by atoms with Crippen molar-refractivity contribution < 1.29 is 42.6 Å². The number of halogens is 1. The fraction of sp³-hybridized carbons (Fsp3) is 0.500. The van der Waals surface area contributed by atoms with Gasteiger partial charge in [0.25, 0.3) is 11.1 Å². The van der Waals surface area contributed by atoms with Crippen molar-refractivity contribution in [1.82, 2.24) is 39.0 Å². The predicted octanol–water partition coefficient (Wildman–Crippen LogP) is -2.18. The van der Waals surface area contributed by atoms with Gasteiger partial charge < -0.3 is 35.3 Å². The minimum absolute atomic E-state index is 0.00131. The highest BCUT2D eigenvalue weighted by molar-refractivity contribution is 7.47. The van der Waals surface area contributed by atoms with Gasteiger partial charge >= 0.3 is 7.82 Å². The van der Waals surface area contributed by atoms with Crippen LogP contribution in [0.3, 0.4) is 0 Å². The van der Waals surface area contributed by atoms with Gasteiger partial charge in [0, 0.05) is 5.92 Å². The lowest BCUT2D eigenvalue weighted by Crippen LogP contribution is -2.32. The molecule has 0 aromatic carbocycles. The summed E-state index contributed by atoms with van der Waals surface area (Å²) in [4.78, 5) is 55.1. The van der Waals surface area contributed by atoms with Crippen LogP contribution in [-0.4, -0.2) is 97.4 Å². The number of imidazole rings is 2. The molecule has 7 rings (SSSR count). The molecule has 218 valence electrons. The van der Waals surface area contributed by atoms with Gasteiger partial charge in [-0.2, -0.15) is 4.98 Å². The summed E-state index contributed by atoms with van der Waals surface area (Å²) in [6.45, 7) is -0.775. The van der Waals surface area contributed by atoms with Crippen molar-refractivity contribution in [3.63, 3.8) is 0 Å². The third-order valence-electron chi connectivity index (χ3n) is 7.24. The molecule has 2 aliphatic heterocycles. The lowest BCUT2D eigenvalue weighted by Gasteiger charge is -2.26. The molecule has 4 aromatic heterocycles. The normalized spacial score (nSPS) is 34.3. The average Bonchev–Trinajstić information content (AvgIpc) is 3.40. The van der Waals surface area contributed by atoms with Gasteiger partial charge in [0.2, 0.25) is 5.95 Å². The number of aliphatic hydroxyl groups is 2. The van der Waals surface area contributed by atoms with Gasteiger partial charge in [0.15, 0.2) is 41.0 Å². The van der Waals surface area contributed by atoms with Crippen LogP contribution < -0.4 is 16.9 Å². The number of aromatic amines is 2. The van der Waals surface area contributed by atoms with E-state index in [9.17, 15) is 29.3 Å². The summed E-state index contributed by atoms with van der Waals surface area (Å²) in [5, 5.41) is 20.6. The number of aromatic nitrogens is 8. The molecule has 3 aliphatic rings. The van der Waals surface area contributed by atoms with Gasteiger partial charge in [-0.25, -0.2) is 23.9 Å². The molecule has 3 fully saturated rings. The maximum atomic E-state index is 15.0. The van der Waals surface area contributed by atoms with Crippen LogP contribution in [0, 0.1) is 5.92 Å². The number of H-pyrrole nitrogens is 2. The Hall–Kier alpha value is -3.62. The second-order valence-corrected chi connectivity index (χ2v) is 11.1. The number of nitrogens with zero attached hydrogens (tertiary/aromatic N) is 6. The van der Waals surface area contributed by atoms with Crippen LogP contribution in [0.1, 0.15) is 12.5 Å². The molecule has 0 amide bonds. The highest BCUT2D eigenvalue weighted by Crippen LogP contribution is 2.58. The lowest BCUT2D eigenvalue weighted by molar-refractivity contribution is -0.0743. The molecule has 0 bridgehead atoms. The number of nitrogens with two attached hydrogens (primary N) is 1. The number of fused-ring (bicyclic) bond motifs is 3. The molecule has 7 N–H and O–H groups in total. The molecule has 3 unspecified atom stereocenters. The molecular weight excluding hydrogens is 576 g/mol. The molecule has 1 aliphatic carbocycles. The zero-order valence-corrected chi connectivity index (χ0v) is 21.3. The van der Waals surface area contributed by atoms with Crippen molar-refractivity contribution in [2.75, 3.05) is 12.3 Å². The standard InChI is InChI=1S/C20H21FN9O10P/c21-7-10(31)5(38-18(7)29-3-25-8-14(29)23-2-24-16(8)33)1-37-41(35,36)40-13-6-11(32)12(6)39-19(13)30-4-26-9-15(30)27-20(22)28-17(9)34/h2-7,10-13,18-19,31-32H,1H2,(H,35,36)(H,23,24,33)(H3,22,27,28,34)/t5-,6?,7-,10-,11?,12+,13-,18-,19-/m1/s1. The lowest BCUT2D eigenvalue weighted by atomic mass is 10.1. The number of phosphoric acid groups is 1. The van der Waals surface area contributed by atoms with Gasteiger partial charge in [-0.1, -0.05) is 0 Å². The Kier molecular flexibility index (Phi) is 5.89. The molecule has 41 heavy (non-hydrogen) atoms. The number of hydrogen-bond acceptors (Lipinski definition) is 14. The molecular formula is C20H21FN9O10P. The predicted molar refractivity (Wildman–Crippen MR) is 130 cm³/mol. The van der Waals surface area contributed by atoms with Crippen molar-refractivity contribution in [3.8, 4) is 0 Å². The van der Waals surface area contributed by atoms with Gasteiger partial charge in [-0.15, -0.1) is 0 Å². The summed E-state index contributed by atoms with van der Waals surface area (Å²) < 4.78 is 52.1. The van der Waals surface area contributed by atoms with E-state index >= 15 is 4.39 Å². The number of aliphatic hydroxyl groups excluding tert-OH is 2. The minimum atomic E-state index is -4.95. The Labute approximate surface area is 225 Å². The summed E-state index contributed by atoms with van der Waals surface area (Å²) in [6, 6.07) is 0. The number of nitrogens with one attached hydrogen (secondary N) is 2. The topological polar surface area (TPSA) is 268 Å². The largest absolute Gasteiger partial charge is 0.472 e. The minimum Gasteiger partial charge on any atom is -0.390 e. The van der Waals surface area contributed by atoms with E-state index in [0.717, 1.165) is 17.2 Å². The number of phosphoric ester groups is 1. The Balaban J connectivity index is 1.07. The third kappa shape index (κ3) is 4.18. The quantitative estimate of drug-likeness (QED) is 0.124. The van der Waals surface area contributed by atoms with E-state index in [1.54, 1.807) is 0 Å². The fourth-order valence-corrected chi connectivity index (χ4v) is 6.16. The molecule has 2 saturated heterocycles. The molecule has 4 aromatic rings. The molecule has 1 saturated carbocycles. The van der Waals surface area contributed by atoms with Gasteiger partial charge in [-0.05, 0) is 0 Å². The first kappa shape index (κ1) is 26.3. The Morgan fingerprint density at radius 2 is 1.76 bits per heavy atom. The fourth-order valence-electron chi connectivity index (χ4n) is 5.21. The molecule has 19 nitrogen and oxygen atoms in total.